The predicted molar refractivity (Wildman–Crippen MR) is 89.8 cm³/mol. The van der Waals surface area contributed by atoms with Gasteiger partial charge in [-0.1, -0.05) is 54.6 Å². The third-order valence-corrected chi connectivity index (χ3v) is 4.50. The first-order valence-electron chi connectivity index (χ1n) is 7.55. The molecular formula is C20H14N2. The van der Waals surface area contributed by atoms with E-state index in [1.807, 2.05) is 18.2 Å². The molecule has 1 aliphatic rings. The number of benzene rings is 3. The summed E-state index contributed by atoms with van der Waals surface area (Å²) < 4.78 is 0. The van der Waals surface area contributed by atoms with Crippen LogP contribution in [0, 0.1) is 0 Å². The minimum atomic E-state index is 0.964. The van der Waals surface area contributed by atoms with Gasteiger partial charge in [0.1, 0.15) is 5.82 Å². The van der Waals surface area contributed by atoms with Crippen LogP contribution in [-0.2, 0) is 6.42 Å². The van der Waals surface area contributed by atoms with Gasteiger partial charge in [-0.3, -0.25) is 0 Å². The second-order valence-corrected chi connectivity index (χ2v) is 5.77. The number of nitrogens with zero attached hydrogens (tertiary/aromatic N) is 1. The molecule has 0 aliphatic heterocycles. The summed E-state index contributed by atoms with van der Waals surface area (Å²) in [6.07, 6.45) is 0.985. The van der Waals surface area contributed by atoms with E-state index in [4.69, 9.17) is 4.98 Å². The molecule has 0 radical (unpaired) electrons. The first-order chi connectivity index (χ1) is 10.9. The average Bonchev–Trinajstić information content (AvgIpc) is 3.15. The zero-order valence-corrected chi connectivity index (χ0v) is 12.0. The number of aromatic amines is 1. The third kappa shape index (κ3) is 1.58. The Morgan fingerprint density at radius 3 is 2.45 bits per heavy atom. The molecule has 0 amide bonds. The summed E-state index contributed by atoms with van der Waals surface area (Å²) in [7, 11) is 0. The van der Waals surface area contributed by atoms with Crippen LogP contribution in [0.1, 0.15) is 11.1 Å². The zero-order valence-electron chi connectivity index (χ0n) is 12.0. The molecule has 2 nitrogen and oxygen atoms in total. The zero-order chi connectivity index (χ0) is 14.5. The fourth-order valence-corrected chi connectivity index (χ4v) is 3.46. The van der Waals surface area contributed by atoms with E-state index in [1.54, 1.807) is 0 Å². The lowest BCUT2D eigenvalue weighted by atomic mass is 10.0. The largest absolute Gasteiger partial charge is 0.338 e. The molecular weight excluding hydrogens is 268 g/mol. The predicted octanol–water partition coefficient (Wildman–Crippen LogP) is 4.80. The summed E-state index contributed by atoms with van der Waals surface area (Å²) in [6.45, 7) is 0. The first-order valence-corrected chi connectivity index (χ1v) is 7.55. The number of fused-ring (bicyclic) bond motifs is 4. The van der Waals surface area contributed by atoms with Gasteiger partial charge in [-0.05, 0) is 40.8 Å². The van der Waals surface area contributed by atoms with Crippen molar-refractivity contribution in [1.82, 2.24) is 9.97 Å². The smallest absolute Gasteiger partial charge is 0.138 e. The lowest BCUT2D eigenvalue weighted by Crippen LogP contribution is -1.89. The SMILES string of the molecule is c1ccc2c(c1)Cc1c(-c3nc4ccccc4[nH]3)cccc1-2. The number of hydrogen-bond acceptors (Lipinski definition) is 1. The van der Waals surface area contributed by atoms with E-state index in [0.717, 1.165) is 23.3 Å². The lowest BCUT2D eigenvalue weighted by Gasteiger charge is -2.05. The van der Waals surface area contributed by atoms with E-state index < -0.39 is 0 Å². The maximum atomic E-state index is 4.77. The molecule has 1 aromatic heterocycles. The minimum Gasteiger partial charge on any atom is -0.338 e. The van der Waals surface area contributed by atoms with Gasteiger partial charge in [0.15, 0.2) is 0 Å². The maximum Gasteiger partial charge on any atom is 0.138 e. The number of aromatic nitrogens is 2. The highest BCUT2D eigenvalue weighted by atomic mass is 14.9. The number of hydrogen-bond donors (Lipinski definition) is 1. The van der Waals surface area contributed by atoms with Crippen molar-refractivity contribution in [2.24, 2.45) is 0 Å². The molecule has 0 saturated heterocycles. The summed E-state index contributed by atoms with van der Waals surface area (Å²) in [5.74, 6) is 0.964. The maximum absolute atomic E-state index is 4.77. The van der Waals surface area contributed by atoms with E-state index in [1.165, 1.54) is 27.8 Å². The van der Waals surface area contributed by atoms with E-state index >= 15 is 0 Å². The number of H-pyrrole nitrogens is 1. The highest BCUT2D eigenvalue weighted by molar-refractivity contribution is 5.86. The summed E-state index contributed by atoms with van der Waals surface area (Å²) in [5.41, 5.74) is 8.80. The summed E-state index contributed by atoms with van der Waals surface area (Å²) in [6, 6.07) is 23.4. The number of para-hydroxylation sites is 2. The summed E-state index contributed by atoms with van der Waals surface area (Å²) in [5, 5.41) is 0. The molecule has 3 aromatic carbocycles. The quantitative estimate of drug-likeness (QED) is 0.470. The van der Waals surface area contributed by atoms with Crippen molar-refractivity contribution >= 4 is 11.0 Å². The Labute approximate surface area is 128 Å². The van der Waals surface area contributed by atoms with Crippen LogP contribution in [0.15, 0.2) is 66.7 Å². The fourth-order valence-electron chi connectivity index (χ4n) is 3.46. The van der Waals surface area contributed by atoms with Gasteiger partial charge in [-0.2, -0.15) is 0 Å². The van der Waals surface area contributed by atoms with Crippen molar-refractivity contribution in [3.63, 3.8) is 0 Å². The molecule has 0 fully saturated rings. The van der Waals surface area contributed by atoms with Crippen molar-refractivity contribution in [2.75, 3.05) is 0 Å². The number of nitrogens with one attached hydrogen (secondary N) is 1. The molecule has 4 aromatic rings. The molecule has 0 spiro atoms. The van der Waals surface area contributed by atoms with Gasteiger partial charge in [0.25, 0.3) is 0 Å². The van der Waals surface area contributed by atoms with Gasteiger partial charge in [-0.15, -0.1) is 0 Å². The Morgan fingerprint density at radius 2 is 1.50 bits per heavy atom. The molecule has 0 saturated carbocycles. The highest BCUT2D eigenvalue weighted by Crippen LogP contribution is 2.40. The lowest BCUT2D eigenvalue weighted by molar-refractivity contribution is 1.23. The van der Waals surface area contributed by atoms with E-state index in [9.17, 15) is 0 Å². The Kier molecular flexibility index (Phi) is 2.30. The average molecular weight is 282 g/mol. The molecule has 1 aliphatic carbocycles. The standard InChI is InChI=1S/C20H14N2/c1-2-7-14-13(6-1)12-17-15(14)8-5-9-16(17)20-21-18-10-3-4-11-19(18)22-20/h1-11H,12H2,(H,21,22). The van der Waals surface area contributed by atoms with Crippen LogP contribution in [0.3, 0.4) is 0 Å². The van der Waals surface area contributed by atoms with Crippen LogP contribution >= 0.6 is 0 Å². The number of imidazole rings is 1. The molecule has 0 unspecified atom stereocenters. The van der Waals surface area contributed by atoms with E-state index in [0.29, 0.717) is 0 Å². The Hall–Kier alpha value is -2.87. The van der Waals surface area contributed by atoms with Crippen LogP contribution in [0.4, 0.5) is 0 Å². The van der Waals surface area contributed by atoms with Crippen LogP contribution in [0.25, 0.3) is 33.5 Å². The van der Waals surface area contributed by atoms with Gasteiger partial charge in [0.2, 0.25) is 0 Å². The van der Waals surface area contributed by atoms with Gasteiger partial charge >= 0.3 is 0 Å². The molecule has 1 heterocycles. The summed E-state index contributed by atoms with van der Waals surface area (Å²) >= 11 is 0. The van der Waals surface area contributed by atoms with Crippen LogP contribution in [-0.4, -0.2) is 9.97 Å². The van der Waals surface area contributed by atoms with E-state index in [2.05, 4.69) is 53.5 Å². The Balaban J connectivity index is 1.74. The molecule has 104 valence electrons. The van der Waals surface area contributed by atoms with Crippen LogP contribution in [0.2, 0.25) is 0 Å². The van der Waals surface area contributed by atoms with Gasteiger partial charge in [0, 0.05) is 5.56 Å². The second-order valence-electron chi connectivity index (χ2n) is 5.77. The van der Waals surface area contributed by atoms with Crippen LogP contribution < -0.4 is 0 Å². The van der Waals surface area contributed by atoms with Crippen LogP contribution in [0.5, 0.6) is 0 Å². The van der Waals surface area contributed by atoms with Gasteiger partial charge < -0.3 is 4.98 Å². The van der Waals surface area contributed by atoms with Crippen molar-refractivity contribution in [1.29, 1.82) is 0 Å². The normalized spacial score (nSPS) is 12.4. The molecule has 5 rings (SSSR count). The van der Waals surface area contributed by atoms with Crippen molar-refractivity contribution in [3.8, 4) is 22.5 Å². The van der Waals surface area contributed by atoms with Crippen molar-refractivity contribution in [2.45, 2.75) is 6.42 Å². The first kappa shape index (κ1) is 11.8. The number of rotatable bonds is 1. The minimum absolute atomic E-state index is 0.964. The molecule has 0 atom stereocenters. The Morgan fingerprint density at radius 1 is 0.727 bits per heavy atom. The fraction of sp³-hybridized carbons (Fsp3) is 0.0500. The molecule has 2 heteroatoms. The van der Waals surface area contributed by atoms with Gasteiger partial charge in [-0.25, -0.2) is 4.98 Å². The van der Waals surface area contributed by atoms with E-state index in [-0.39, 0.29) is 0 Å². The molecule has 22 heavy (non-hydrogen) atoms. The summed E-state index contributed by atoms with van der Waals surface area (Å²) in [4.78, 5) is 8.22. The highest BCUT2D eigenvalue weighted by Gasteiger charge is 2.22. The molecule has 1 N–H and O–H groups in total. The van der Waals surface area contributed by atoms with Gasteiger partial charge in [0.05, 0.1) is 11.0 Å². The second kappa shape index (κ2) is 4.31. The Bertz CT molecular complexity index is 978. The topological polar surface area (TPSA) is 28.7 Å². The monoisotopic (exact) mass is 282 g/mol. The van der Waals surface area contributed by atoms with Crippen molar-refractivity contribution in [3.05, 3.63) is 77.9 Å². The third-order valence-electron chi connectivity index (χ3n) is 4.50. The molecule has 0 bridgehead atoms. The van der Waals surface area contributed by atoms with Crippen molar-refractivity contribution < 1.29 is 0 Å².